The molecule has 1 N–H and O–H groups in total. The molecule has 1 unspecified atom stereocenters. The maximum Gasteiger partial charge on any atom is 0.336 e. The quantitative estimate of drug-likeness (QED) is 0.300. The second-order valence-electron chi connectivity index (χ2n) is 8.16. The number of benzene rings is 2. The van der Waals surface area contributed by atoms with Crippen LogP contribution in [0.25, 0.3) is 0 Å². The Morgan fingerprint density at radius 3 is 2.33 bits per heavy atom. The molecule has 0 fully saturated rings. The summed E-state index contributed by atoms with van der Waals surface area (Å²) < 4.78 is 44.0. The van der Waals surface area contributed by atoms with Gasteiger partial charge in [0.1, 0.15) is 12.4 Å². The van der Waals surface area contributed by atoms with Gasteiger partial charge >= 0.3 is 5.97 Å². The summed E-state index contributed by atoms with van der Waals surface area (Å²) >= 11 is 12.8. The summed E-state index contributed by atoms with van der Waals surface area (Å²) in [5.74, 6) is -1.18. The van der Waals surface area contributed by atoms with Gasteiger partial charge in [-0.2, -0.15) is 0 Å². The van der Waals surface area contributed by atoms with E-state index in [1.165, 1.54) is 19.2 Å². The molecule has 2 aromatic rings. The first-order valence-electron chi connectivity index (χ1n) is 11.4. The lowest BCUT2D eigenvalue weighted by atomic mass is 9.86. The number of hydrogen-bond donors (Lipinski definition) is 1. The van der Waals surface area contributed by atoms with E-state index in [0.717, 1.165) is 6.42 Å². The molecular formula is C26H29Cl2NO6S. The Morgan fingerprint density at radius 1 is 1.00 bits per heavy atom. The van der Waals surface area contributed by atoms with Crippen molar-refractivity contribution in [1.29, 1.82) is 0 Å². The molecule has 10 heteroatoms. The molecule has 0 aliphatic carbocycles. The first-order chi connectivity index (χ1) is 17.1. The highest BCUT2D eigenvalue weighted by Crippen LogP contribution is 2.46. The van der Waals surface area contributed by atoms with Gasteiger partial charge < -0.3 is 19.5 Å². The predicted octanol–water partition coefficient (Wildman–Crippen LogP) is 5.64. The topological polar surface area (TPSA) is 90.9 Å². The number of nitrogens with one attached hydrogen (secondary N) is 1. The van der Waals surface area contributed by atoms with Crippen LogP contribution in [0.2, 0.25) is 10.0 Å². The third-order valence-electron chi connectivity index (χ3n) is 5.67. The number of halogens is 2. The molecule has 194 valence electrons. The maximum absolute atomic E-state index is 14.0. The Labute approximate surface area is 221 Å². The number of ether oxygens (including phenoxy) is 3. The molecule has 1 aliphatic heterocycles. The Balaban J connectivity index is 2.04. The molecule has 0 amide bonds. The van der Waals surface area contributed by atoms with Gasteiger partial charge in [0.15, 0.2) is 0 Å². The number of carbonyl (C=O) groups is 1. The van der Waals surface area contributed by atoms with Crippen LogP contribution < -0.4 is 10.1 Å². The molecule has 1 atom stereocenters. The maximum atomic E-state index is 14.0. The van der Waals surface area contributed by atoms with Crippen LogP contribution in [0.15, 0.2) is 69.2 Å². The summed E-state index contributed by atoms with van der Waals surface area (Å²) in [6.07, 6.45) is 0.921. The lowest BCUT2D eigenvalue weighted by Crippen LogP contribution is -2.31. The largest absolute Gasteiger partial charge is 0.491 e. The van der Waals surface area contributed by atoms with Gasteiger partial charge in [-0.25, -0.2) is 13.2 Å². The SMILES string of the molecule is CCCOCCOc1ccc(S(=O)(=O)C2=C(C)NC(C)=C(C(=O)OC)C2c2cccc(Cl)c2Cl)cc1. The number of allylic oxidation sites excluding steroid dienone is 3. The number of sulfone groups is 1. The zero-order valence-electron chi connectivity index (χ0n) is 20.6. The molecule has 0 spiro atoms. The van der Waals surface area contributed by atoms with Crippen LogP contribution in [0.3, 0.4) is 0 Å². The van der Waals surface area contributed by atoms with E-state index in [9.17, 15) is 13.2 Å². The van der Waals surface area contributed by atoms with E-state index >= 15 is 0 Å². The van der Waals surface area contributed by atoms with Gasteiger partial charge in [0.05, 0.1) is 45.1 Å². The van der Waals surface area contributed by atoms with Crippen molar-refractivity contribution < 1.29 is 27.4 Å². The van der Waals surface area contributed by atoms with Crippen molar-refractivity contribution >= 4 is 39.0 Å². The van der Waals surface area contributed by atoms with Crippen LogP contribution in [-0.2, 0) is 24.1 Å². The van der Waals surface area contributed by atoms with E-state index in [4.69, 9.17) is 37.4 Å². The standard InChI is InChI=1S/C26H29Cl2NO6S/c1-5-13-34-14-15-35-18-9-11-19(12-10-18)36(31,32)25-17(3)29-16(2)22(26(30)33-4)23(25)20-7-6-8-21(27)24(20)28/h6-12,23,29H,5,13-15H2,1-4H3. The molecule has 3 rings (SSSR count). The van der Waals surface area contributed by atoms with Gasteiger partial charge in [-0.05, 0) is 56.2 Å². The summed E-state index contributed by atoms with van der Waals surface area (Å²) in [6.45, 7) is 6.79. The van der Waals surface area contributed by atoms with Crippen LogP contribution in [0.5, 0.6) is 5.75 Å². The summed E-state index contributed by atoms with van der Waals surface area (Å²) in [5, 5.41) is 3.43. The van der Waals surface area contributed by atoms with Gasteiger partial charge in [-0.3, -0.25) is 0 Å². The lowest BCUT2D eigenvalue weighted by molar-refractivity contribution is -0.136. The van der Waals surface area contributed by atoms with E-state index in [0.29, 0.717) is 42.5 Å². The van der Waals surface area contributed by atoms with Crippen molar-refractivity contribution in [3.05, 3.63) is 79.9 Å². The highest BCUT2D eigenvalue weighted by molar-refractivity contribution is 7.95. The number of carbonyl (C=O) groups excluding carboxylic acids is 1. The van der Waals surface area contributed by atoms with Crippen LogP contribution in [0.1, 0.15) is 38.7 Å². The van der Waals surface area contributed by atoms with Crippen LogP contribution in [0.4, 0.5) is 0 Å². The normalized spacial score (nSPS) is 16.1. The van der Waals surface area contributed by atoms with Gasteiger partial charge in [-0.15, -0.1) is 0 Å². The fourth-order valence-electron chi connectivity index (χ4n) is 4.06. The molecule has 0 saturated heterocycles. The first kappa shape index (κ1) is 28.1. The molecule has 0 radical (unpaired) electrons. The summed E-state index contributed by atoms with van der Waals surface area (Å²) in [7, 11) is -2.85. The fraction of sp³-hybridized carbons (Fsp3) is 0.346. The Kier molecular flexibility index (Phi) is 9.47. The Hall–Kier alpha value is -2.52. The highest BCUT2D eigenvalue weighted by Gasteiger charge is 2.41. The van der Waals surface area contributed by atoms with E-state index in [1.54, 1.807) is 44.2 Å². The van der Waals surface area contributed by atoms with Crippen molar-refractivity contribution in [2.75, 3.05) is 26.9 Å². The molecule has 1 aliphatic rings. The average Bonchev–Trinajstić information content (AvgIpc) is 2.85. The van der Waals surface area contributed by atoms with Crippen LogP contribution in [0, 0.1) is 0 Å². The van der Waals surface area contributed by atoms with Gasteiger partial charge in [0, 0.05) is 18.0 Å². The number of methoxy groups -OCH3 is 1. The summed E-state index contributed by atoms with van der Waals surface area (Å²) in [4.78, 5) is 12.9. The molecule has 1 heterocycles. The second-order valence-corrected chi connectivity index (χ2v) is 10.9. The van der Waals surface area contributed by atoms with Gasteiger partial charge in [0.2, 0.25) is 9.84 Å². The Morgan fingerprint density at radius 2 is 1.69 bits per heavy atom. The minimum atomic E-state index is -4.09. The highest BCUT2D eigenvalue weighted by atomic mass is 35.5. The predicted molar refractivity (Wildman–Crippen MR) is 140 cm³/mol. The number of rotatable bonds is 10. The van der Waals surface area contributed by atoms with Gasteiger partial charge in [-0.1, -0.05) is 42.3 Å². The molecule has 36 heavy (non-hydrogen) atoms. The first-order valence-corrected chi connectivity index (χ1v) is 13.6. The zero-order valence-corrected chi connectivity index (χ0v) is 22.9. The smallest absolute Gasteiger partial charge is 0.336 e. The van der Waals surface area contributed by atoms with E-state index in [1.807, 2.05) is 6.92 Å². The van der Waals surface area contributed by atoms with Crippen molar-refractivity contribution in [2.24, 2.45) is 0 Å². The molecule has 2 aromatic carbocycles. The third-order valence-corrected chi connectivity index (χ3v) is 8.51. The number of hydrogen-bond acceptors (Lipinski definition) is 7. The number of esters is 1. The zero-order chi connectivity index (χ0) is 26.5. The van der Waals surface area contributed by atoms with E-state index in [2.05, 4.69) is 5.32 Å². The van der Waals surface area contributed by atoms with Crippen molar-refractivity contribution in [3.8, 4) is 5.75 Å². The Bertz CT molecular complexity index is 1290. The molecule has 7 nitrogen and oxygen atoms in total. The summed E-state index contributed by atoms with van der Waals surface area (Å²) in [6, 6.07) is 11.0. The van der Waals surface area contributed by atoms with Crippen molar-refractivity contribution in [1.82, 2.24) is 5.32 Å². The molecule has 0 bridgehead atoms. The van der Waals surface area contributed by atoms with E-state index < -0.39 is 21.7 Å². The average molecular weight is 554 g/mol. The fourth-order valence-corrected chi connectivity index (χ4v) is 6.23. The molecule has 0 saturated carbocycles. The minimum Gasteiger partial charge on any atom is -0.491 e. The molecular weight excluding hydrogens is 525 g/mol. The van der Waals surface area contributed by atoms with E-state index in [-0.39, 0.29) is 25.4 Å². The minimum absolute atomic E-state index is 0.0145. The van der Waals surface area contributed by atoms with Gasteiger partial charge in [0.25, 0.3) is 0 Å². The second kappa shape index (κ2) is 12.1. The van der Waals surface area contributed by atoms with Crippen molar-refractivity contribution in [2.45, 2.75) is 38.0 Å². The molecule has 0 aromatic heterocycles. The third kappa shape index (κ3) is 5.89. The number of dihydropyridines is 1. The monoisotopic (exact) mass is 553 g/mol. The lowest BCUT2D eigenvalue weighted by Gasteiger charge is -2.31. The van der Waals surface area contributed by atoms with Crippen LogP contribution in [-0.4, -0.2) is 41.3 Å². The van der Waals surface area contributed by atoms with Crippen molar-refractivity contribution in [3.63, 3.8) is 0 Å². The summed E-state index contributed by atoms with van der Waals surface area (Å²) in [5.41, 5.74) is 1.36. The van der Waals surface area contributed by atoms with Crippen LogP contribution >= 0.6 is 23.2 Å².